The zero-order valence-electron chi connectivity index (χ0n) is 14.6. The van der Waals surface area contributed by atoms with E-state index in [0.717, 1.165) is 11.3 Å². The minimum atomic E-state index is -0.955. The van der Waals surface area contributed by atoms with Crippen LogP contribution in [0.1, 0.15) is 19.4 Å². The third-order valence-corrected chi connectivity index (χ3v) is 3.73. The summed E-state index contributed by atoms with van der Waals surface area (Å²) < 4.78 is 10.5. The molecule has 1 N–H and O–H groups in total. The maximum Gasteiger partial charge on any atom is 0.331 e. The molecule has 0 aliphatic rings. The number of hydrogen-bond donors (Lipinski definition) is 1. The van der Waals surface area contributed by atoms with E-state index >= 15 is 0 Å². The molecule has 26 heavy (non-hydrogen) atoms. The van der Waals surface area contributed by atoms with Crippen molar-refractivity contribution >= 4 is 35.2 Å². The number of carbonyl (C=O) groups is 2. The minimum Gasteiger partial charge on any atom is -0.494 e. The van der Waals surface area contributed by atoms with Gasteiger partial charge in [0.05, 0.1) is 17.3 Å². The Morgan fingerprint density at radius 2 is 1.85 bits per heavy atom. The fourth-order valence-corrected chi connectivity index (χ4v) is 2.25. The van der Waals surface area contributed by atoms with Crippen molar-refractivity contribution in [3.8, 4) is 5.75 Å². The Morgan fingerprint density at radius 1 is 1.15 bits per heavy atom. The summed E-state index contributed by atoms with van der Waals surface area (Å²) in [5.41, 5.74) is 1.28. The van der Waals surface area contributed by atoms with Crippen LogP contribution in [0.5, 0.6) is 5.75 Å². The SMILES string of the molecule is CCOc1ccc(/C=C/C(=O)O[C@H](C)C(=O)Nc2ccccc2Cl)cc1. The molecule has 6 heteroatoms. The van der Waals surface area contributed by atoms with E-state index in [1.54, 1.807) is 30.3 Å². The summed E-state index contributed by atoms with van der Waals surface area (Å²) in [7, 11) is 0. The fourth-order valence-electron chi connectivity index (χ4n) is 2.07. The van der Waals surface area contributed by atoms with Crippen LogP contribution in [-0.2, 0) is 14.3 Å². The van der Waals surface area contributed by atoms with E-state index in [1.807, 2.05) is 31.2 Å². The first-order valence-electron chi connectivity index (χ1n) is 8.16. The summed E-state index contributed by atoms with van der Waals surface area (Å²) in [6, 6.07) is 14.1. The molecule has 0 spiro atoms. The highest BCUT2D eigenvalue weighted by atomic mass is 35.5. The van der Waals surface area contributed by atoms with Gasteiger partial charge in [0.25, 0.3) is 5.91 Å². The molecular formula is C20H20ClNO4. The van der Waals surface area contributed by atoms with Crippen molar-refractivity contribution in [2.45, 2.75) is 20.0 Å². The molecule has 0 aliphatic heterocycles. The Hall–Kier alpha value is -2.79. The highest BCUT2D eigenvalue weighted by molar-refractivity contribution is 6.33. The van der Waals surface area contributed by atoms with Crippen LogP contribution in [0.2, 0.25) is 5.02 Å². The van der Waals surface area contributed by atoms with Crippen molar-refractivity contribution in [3.05, 3.63) is 65.2 Å². The first-order valence-corrected chi connectivity index (χ1v) is 8.54. The van der Waals surface area contributed by atoms with Crippen LogP contribution < -0.4 is 10.1 Å². The molecule has 0 aromatic heterocycles. The number of amides is 1. The van der Waals surface area contributed by atoms with Crippen LogP contribution in [-0.4, -0.2) is 24.6 Å². The first-order chi connectivity index (χ1) is 12.5. The molecule has 0 unspecified atom stereocenters. The first kappa shape index (κ1) is 19.5. The van der Waals surface area contributed by atoms with Crippen molar-refractivity contribution in [3.63, 3.8) is 0 Å². The molecule has 136 valence electrons. The molecule has 2 aromatic carbocycles. The van der Waals surface area contributed by atoms with Crippen molar-refractivity contribution in [1.82, 2.24) is 0 Å². The Morgan fingerprint density at radius 3 is 2.50 bits per heavy atom. The second kappa shape index (κ2) is 9.63. The van der Waals surface area contributed by atoms with Gasteiger partial charge in [0.2, 0.25) is 0 Å². The number of para-hydroxylation sites is 1. The van der Waals surface area contributed by atoms with Gasteiger partial charge in [-0.25, -0.2) is 4.79 Å². The number of rotatable bonds is 7. The lowest BCUT2D eigenvalue weighted by atomic mass is 10.2. The van der Waals surface area contributed by atoms with Gasteiger partial charge in [-0.3, -0.25) is 4.79 Å². The van der Waals surface area contributed by atoms with E-state index < -0.39 is 18.0 Å². The van der Waals surface area contributed by atoms with Gasteiger partial charge in [-0.2, -0.15) is 0 Å². The molecular weight excluding hydrogens is 354 g/mol. The van der Waals surface area contributed by atoms with Crippen LogP contribution in [0, 0.1) is 0 Å². The second-order valence-corrected chi connectivity index (χ2v) is 5.79. The number of hydrogen-bond acceptors (Lipinski definition) is 4. The third-order valence-electron chi connectivity index (χ3n) is 3.40. The number of esters is 1. The predicted octanol–water partition coefficient (Wildman–Crippen LogP) is 4.32. The minimum absolute atomic E-state index is 0.412. The summed E-state index contributed by atoms with van der Waals surface area (Å²) in [6.45, 7) is 4.00. The standard InChI is InChI=1S/C20H20ClNO4/c1-3-25-16-11-8-15(9-12-16)10-13-19(23)26-14(2)20(24)22-18-7-5-4-6-17(18)21/h4-14H,3H2,1-2H3,(H,22,24)/b13-10+/t14-/m1/s1. The van der Waals surface area contributed by atoms with Gasteiger partial charge < -0.3 is 14.8 Å². The van der Waals surface area contributed by atoms with Gasteiger partial charge >= 0.3 is 5.97 Å². The maximum atomic E-state index is 12.1. The van der Waals surface area contributed by atoms with Crippen molar-refractivity contribution in [2.24, 2.45) is 0 Å². The summed E-state index contributed by atoms with van der Waals surface area (Å²) in [6.07, 6.45) is 1.93. The predicted molar refractivity (Wildman–Crippen MR) is 102 cm³/mol. The van der Waals surface area contributed by atoms with Gasteiger partial charge in [-0.05, 0) is 49.8 Å². The molecule has 0 saturated heterocycles. The second-order valence-electron chi connectivity index (χ2n) is 5.38. The summed E-state index contributed by atoms with van der Waals surface area (Å²) in [4.78, 5) is 24.0. The molecule has 0 heterocycles. The number of carbonyl (C=O) groups excluding carboxylic acids is 2. The van der Waals surface area contributed by atoms with Gasteiger partial charge in [0.1, 0.15) is 5.75 Å². The molecule has 2 aromatic rings. The van der Waals surface area contributed by atoms with Crippen molar-refractivity contribution < 1.29 is 19.1 Å². The van der Waals surface area contributed by atoms with Crippen LogP contribution in [0.4, 0.5) is 5.69 Å². The summed E-state index contributed by atoms with van der Waals surface area (Å²) in [5, 5.41) is 3.03. The average Bonchev–Trinajstić information content (AvgIpc) is 2.63. The smallest absolute Gasteiger partial charge is 0.331 e. The van der Waals surface area contributed by atoms with E-state index in [4.69, 9.17) is 21.1 Å². The van der Waals surface area contributed by atoms with E-state index in [2.05, 4.69) is 5.32 Å². The lowest BCUT2D eigenvalue weighted by molar-refractivity contribution is -0.148. The topological polar surface area (TPSA) is 64.6 Å². The Labute approximate surface area is 157 Å². The largest absolute Gasteiger partial charge is 0.494 e. The van der Waals surface area contributed by atoms with Gasteiger partial charge in [-0.15, -0.1) is 0 Å². The Bertz CT molecular complexity index is 787. The molecule has 1 amide bonds. The van der Waals surface area contributed by atoms with Crippen LogP contribution in [0.25, 0.3) is 6.08 Å². The lowest BCUT2D eigenvalue weighted by Gasteiger charge is -2.13. The Balaban J connectivity index is 1.87. The van der Waals surface area contributed by atoms with E-state index in [9.17, 15) is 9.59 Å². The average molecular weight is 374 g/mol. The van der Waals surface area contributed by atoms with Crippen LogP contribution in [0.15, 0.2) is 54.6 Å². The fraction of sp³-hybridized carbons (Fsp3) is 0.200. The van der Waals surface area contributed by atoms with Crippen LogP contribution >= 0.6 is 11.6 Å². The summed E-state index contributed by atoms with van der Waals surface area (Å²) in [5.74, 6) is -0.307. The molecule has 0 bridgehead atoms. The highest BCUT2D eigenvalue weighted by Crippen LogP contribution is 2.20. The zero-order chi connectivity index (χ0) is 18.9. The molecule has 5 nitrogen and oxygen atoms in total. The number of anilines is 1. The third kappa shape index (κ3) is 5.93. The zero-order valence-corrected chi connectivity index (χ0v) is 15.3. The number of halogens is 1. The molecule has 0 aliphatic carbocycles. The normalized spacial score (nSPS) is 11.8. The number of benzene rings is 2. The van der Waals surface area contributed by atoms with Crippen LogP contribution in [0.3, 0.4) is 0 Å². The van der Waals surface area contributed by atoms with Gasteiger partial charge in [-0.1, -0.05) is 35.9 Å². The van der Waals surface area contributed by atoms with Crippen molar-refractivity contribution in [2.75, 3.05) is 11.9 Å². The summed E-state index contributed by atoms with van der Waals surface area (Å²) >= 11 is 5.98. The van der Waals surface area contributed by atoms with Crippen molar-refractivity contribution in [1.29, 1.82) is 0 Å². The quantitative estimate of drug-likeness (QED) is 0.579. The maximum absolute atomic E-state index is 12.1. The number of nitrogens with one attached hydrogen (secondary N) is 1. The molecule has 0 radical (unpaired) electrons. The van der Waals surface area contributed by atoms with E-state index in [1.165, 1.54) is 13.0 Å². The number of ether oxygens (including phenoxy) is 2. The van der Waals surface area contributed by atoms with E-state index in [0.29, 0.717) is 17.3 Å². The molecule has 0 fully saturated rings. The molecule has 0 saturated carbocycles. The van der Waals surface area contributed by atoms with E-state index in [-0.39, 0.29) is 0 Å². The Kier molecular flexibility index (Phi) is 7.24. The van der Waals surface area contributed by atoms with Gasteiger partial charge in [0, 0.05) is 6.08 Å². The highest BCUT2D eigenvalue weighted by Gasteiger charge is 2.17. The molecule has 2 rings (SSSR count). The van der Waals surface area contributed by atoms with Gasteiger partial charge in [0.15, 0.2) is 6.10 Å². The molecule has 1 atom stereocenters. The monoisotopic (exact) mass is 373 g/mol. The lowest BCUT2D eigenvalue weighted by Crippen LogP contribution is -2.29.